The minimum Gasteiger partial charge on any atom is -0.330 e. The van der Waals surface area contributed by atoms with Crippen molar-refractivity contribution in [3.05, 3.63) is 34.9 Å². The first-order chi connectivity index (χ1) is 10.1. The largest absolute Gasteiger partial charge is 0.330 e. The fourth-order valence-corrected chi connectivity index (χ4v) is 2.08. The number of nitrogens with one attached hydrogen (secondary N) is 1. The molecule has 122 valence electrons. The molecule has 0 aliphatic carbocycles. The predicted molar refractivity (Wildman–Crippen MR) is 96.6 cm³/mol. The van der Waals surface area contributed by atoms with E-state index >= 15 is 0 Å². The summed E-state index contributed by atoms with van der Waals surface area (Å²) in [5.74, 6) is 0. The molecule has 0 atom stereocenters. The van der Waals surface area contributed by atoms with E-state index in [-0.39, 0.29) is 0 Å². The lowest BCUT2D eigenvalue weighted by Gasteiger charge is -2.03. The Morgan fingerprint density at radius 1 is 0.857 bits per heavy atom. The van der Waals surface area contributed by atoms with Crippen LogP contribution in [0.2, 0.25) is 0 Å². The summed E-state index contributed by atoms with van der Waals surface area (Å²) < 4.78 is 0. The molecule has 0 aliphatic heterocycles. The van der Waals surface area contributed by atoms with Gasteiger partial charge in [-0.25, -0.2) is 0 Å². The van der Waals surface area contributed by atoms with E-state index in [1.165, 1.54) is 42.4 Å². The lowest BCUT2D eigenvalue weighted by atomic mass is 10.1. The average Bonchev–Trinajstić information content (AvgIpc) is 2.42. The van der Waals surface area contributed by atoms with Gasteiger partial charge in [-0.1, -0.05) is 34.9 Å². The molecule has 0 aromatic carbocycles. The number of hydrogen-bond donors (Lipinski definition) is 2. The summed E-state index contributed by atoms with van der Waals surface area (Å²) in [5.41, 5.74) is 9.88. The molecule has 0 saturated heterocycles. The number of hydrogen-bond acceptors (Lipinski definition) is 2. The fraction of sp³-hybridized carbons (Fsp3) is 0.684. The first kappa shape index (κ1) is 20.1. The Labute approximate surface area is 132 Å². The van der Waals surface area contributed by atoms with Crippen molar-refractivity contribution in [3.63, 3.8) is 0 Å². The maximum atomic E-state index is 5.47. The standard InChI is InChI=1S/C19H36N2/c1-17(2)9-7-10-18(3)11-8-12-19(4)13-16-21-15-6-5-14-20/h9,11,13,21H,5-8,10,12,14-16,20H2,1-4H3. The van der Waals surface area contributed by atoms with Crippen LogP contribution in [0, 0.1) is 0 Å². The van der Waals surface area contributed by atoms with E-state index in [9.17, 15) is 0 Å². The molecule has 0 spiro atoms. The maximum absolute atomic E-state index is 5.47. The van der Waals surface area contributed by atoms with E-state index in [1.54, 1.807) is 0 Å². The van der Waals surface area contributed by atoms with E-state index in [0.29, 0.717) is 0 Å². The molecule has 0 fully saturated rings. The van der Waals surface area contributed by atoms with E-state index in [1.807, 2.05) is 0 Å². The molecule has 0 heterocycles. The van der Waals surface area contributed by atoms with Crippen molar-refractivity contribution >= 4 is 0 Å². The lowest BCUT2D eigenvalue weighted by molar-refractivity contribution is 0.659. The Morgan fingerprint density at radius 2 is 1.48 bits per heavy atom. The van der Waals surface area contributed by atoms with Crippen LogP contribution in [-0.2, 0) is 0 Å². The van der Waals surface area contributed by atoms with Crippen molar-refractivity contribution < 1.29 is 0 Å². The van der Waals surface area contributed by atoms with Gasteiger partial charge in [0.15, 0.2) is 0 Å². The van der Waals surface area contributed by atoms with Crippen LogP contribution in [0.5, 0.6) is 0 Å². The van der Waals surface area contributed by atoms with Crippen molar-refractivity contribution in [3.8, 4) is 0 Å². The van der Waals surface area contributed by atoms with Crippen molar-refractivity contribution in [1.29, 1.82) is 0 Å². The molecule has 0 aromatic rings. The Kier molecular flexibility index (Phi) is 13.5. The van der Waals surface area contributed by atoms with E-state index in [2.05, 4.69) is 51.2 Å². The molecule has 21 heavy (non-hydrogen) atoms. The minimum absolute atomic E-state index is 0.801. The van der Waals surface area contributed by atoms with Crippen LogP contribution in [0.25, 0.3) is 0 Å². The van der Waals surface area contributed by atoms with Gasteiger partial charge in [0.05, 0.1) is 0 Å². The first-order valence-electron chi connectivity index (χ1n) is 8.41. The third-order valence-electron chi connectivity index (χ3n) is 3.53. The molecule has 0 aliphatic rings. The van der Waals surface area contributed by atoms with Crippen LogP contribution in [0.15, 0.2) is 34.9 Å². The minimum atomic E-state index is 0.801. The summed E-state index contributed by atoms with van der Waals surface area (Å²) in [6.45, 7) is 11.7. The molecule has 0 radical (unpaired) electrons. The lowest BCUT2D eigenvalue weighted by Crippen LogP contribution is -2.16. The molecular weight excluding hydrogens is 256 g/mol. The van der Waals surface area contributed by atoms with Crippen LogP contribution in [-0.4, -0.2) is 19.6 Å². The number of allylic oxidation sites excluding steroid dienone is 5. The number of unbranched alkanes of at least 4 members (excludes halogenated alkanes) is 1. The van der Waals surface area contributed by atoms with Crippen LogP contribution in [0.1, 0.15) is 66.2 Å². The van der Waals surface area contributed by atoms with Gasteiger partial charge in [0.25, 0.3) is 0 Å². The molecule has 0 aromatic heterocycles. The summed E-state index contributed by atoms with van der Waals surface area (Å²) in [6.07, 6.45) is 14.0. The summed E-state index contributed by atoms with van der Waals surface area (Å²) in [7, 11) is 0. The third kappa shape index (κ3) is 15.3. The van der Waals surface area contributed by atoms with Crippen LogP contribution in [0.4, 0.5) is 0 Å². The van der Waals surface area contributed by atoms with E-state index in [4.69, 9.17) is 5.73 Å². The highest BCUT2D eigenvalue weighted by Crippen LogP contribution is 2.11. The van der Waals surface area contributed by atoms with Gasteiger partial charge >= 0.3 is 0 Å². The zero-order valence-corrected chi connectivity index (χ0v) is 14.7. The maximum Gasteiger partial charge on any atom is 0.0137 e. The molecule has 0 amide bonds. The molecule has 2 nitrogen and oxygen atoms in total. The highest BCUT2D eigenvalue weighted by atomic mass is 14.8. The van der Waals surface area contributed by atoms with Gasteiger partial charge in [0.1, 0.15) is 0 Å². The highest BCUT2D eigenvalue weighted by Gasteiger charge is 1.92. The fourth-order valence-electron chi connectivity index (χ4n) is 2.08. The number of rotatable bonds is 12. The van der Waals surface area contributed by atoms with Crippen LogP contribution < -0.4 is 11.1 Å². The van der Waals surface area contributed by atoms with Crippen molar-refractivity contribution in [1.82, 2.24) is 5.32 Å². The van der Waals surface area contributed by atoms with Gasteiger partial charge < -0.3 is 11.1 Å². The topological polar surface area (TPSA) is 38.0 Å². The van der Waals surface area contributed by atoms with Crippen LogP contribution >= 0.6 is 0 Å². The molecule has 0 unspecified atom stereocenters. The summed E-state index contributed by atoms with van der Waals surface area (Å²) in [6, 6.07) is 0. The predicted octanol–water partition coefficient (Wildman–Crippen LogP) is 4.73. The molecule has 2 heteroatoms. The van der Waals surface area contributed by atoms with E-state index < -0.39 is 0 Å². The second-order valence-corrected chi connectivity index (χ2v) is 6.16. The smallest absolute Gasteiger partial charge is 0.0137 e. The average molecular weight is 293 g/mol. The summed E-state index contributed by atoms with van der Waals surface area (Å²) in [4.78, 5) is 0. The van der Waals surface area contributed by atoms with Crippen molar-refractivity contribution in [2.45, 2.75) is 66.2 Å². The first-order valence-corrected chi connectivity index (χ1v) is 8.41. The molecule has 0 rings (SSSR count). The molecule has 3 N–H and O–H groups in total. The van der Waals surface area contributed by atoms with Crippen LogP contribution in [0.3, 0.4) is 0 Å². The number of nitrogens with two attached hydrogens (primary N) is 1. The van der Waals surface area contributed by atoms with Gasteiger partial charge in [-0.05, 0) is 79.3 Å². The summed E-state index contributed by atoms with van der Waals surface area (Å²) >= 11 is 0. The monoisotopic (exact) mass is 292 g/mol. The third-order valence-corrected chi connectivity index (χ3v) is 3.53. The van der Waals surface area contributed by atoms with Gasteiger partial charge in [-0.15, -0.1) is 0 Å². The molecule has 0 saturated carbocycles. The SMILES string of the molecule is CC(C)=CCCC(C)=CCCC(C)=CCNCCCCN. The molecule has 0 bridgehead atoms. The highest BCUT2D eigenvalue weighted by molar-refractivity contribution is 5.05. The molecular formula is C19H36N2. The Bertz CT molecular complexity index is 333. The Morgan fingerprint density at radius 3 is 2.10 bits per heavy atom. The normalized spacial score (nSPS) is 12.6. The Balaban J connectivity index is 3.71. The van der Waals surface area contributed by atoms with Gasteiger partial charge in [-0.2, -0.15) is 0 Å². The van der Waals surface area contributed by atoms with E-state index in [0.717, 1.165) is 32.5 Å². The second-order valence-electron chi connectivity index (χ2n) is 6.16. The van der Waals surface area contributed by atoms with Gasteiger partial charge in [0.2, 0.25) is 0 Å². The van der Waals surface area contributed by atoms with Gasteiger partial charge in [0, 0.05) is 6.54 Å². The quantitative estimate of drug-likeness (QED) is 0.403. The zero-order chi connectivity index (χ0) is 15.9. The Hall–Kier alpha value is -0.860. The van der Waals surface area contributed by atoms with Gasteiger partial charge in [-0.3, -0.25) is 0 Å². The van der Waals surface area contributed by atoms with Crippen molar-refractivity contribution in [2.24, 2.45) is 5.73 Å². The second kappa shape index (κ2) is 14.1. The van der Waals surface area contributed by atoms with Crippen molar-refractivity contribution in [2.75, 3.05) is 19.6 Å². The summed E-state index contributed by atoms with van der Waals surface area (Å²) in [5, 5.41) is 3.43. The zero-order valence-electron chi connectivity index (χ0n) is 14.7.